The highest BCUT2D eigenvalue weighted by Crippen LogP contribution is 2.39. The van der Waals surface area contributed by atoms with E-state index < -0.39 is 29.3 Å². The lowest BCUT2D eigenvalue weighted by atomic mass is 9.78. The van der Waals surface area contributed by atoms with Crippen LogP contribution in [0.3, 0.4) is 0 Å². The quantitative estimate of drug-likeness (QED) is 0.211. The predicted octanol–water partition coefficient (Wildman–Crippen LogP) is 7.28. The molecule has 2 aliphatic rings. The van der Waals surface area contributed by atoms with E-state index in [-0.39, 0.29) is 23.4 Å². The summed E-state index contributed by atoms with van der Waals surface area (Å²) in [6.45, 7) is 2.65. The highest BCUT2D eigenvalue weighted by atomic mass is 19.2. The van der Waals surface area contributed by atoms with Crippen LogP contribution >= 0.6 is 0 Å². The maximum atomic E-state index is 14.8. The third-order valence-electron chi connectivity index (χ3n) is 7.16. The summed E-state index contributed by atoms with van der Waals surface area (Å²) in [5.41, 5.74) is 3.27. The Morgan fingerprint density at radius 1 is 0.943 bits per heavy atom. The molecule has 3 aromatic carbocycles. The zero-order valence-corrected chi connectivity index (χ0v) is 19.5. The Morgan fingerprint density at radius 2 is 1.66 bits per heavy atom. The van der Waals surface area contributed by atoms with Crippen molar-refractivity contribution in [3.63, 3.8) is 0 Å². The first kappa shape index (κ1) is 23.6. The molecule has 0 bridgehead atoms. The molecule has 1 saturated heterocycles. The van der Waals surface area contributed by atoms with Gasteiger partial charge in [-0.05, 0) is 78.5 Å². The van der Waals surface area contributed by atoms with Crippen molar-refractivity contribution in [2.24, 2.45) is 5.92 Å². The summed E-state index contributed by atoms with van der Waals surface area (Å²) in [4.78, 5) is 12.7. The molecule has 1 aliphatic heterocycles. The van der Waals surface area contributed by atoms with Gasteiger partial charge in [0.15, 0.2) is 11.6 Å². The van der Waals surface area contributed by atoms with E-state index >= 15 is 0 Å². The summed E-state index contributed by atoms with van der Waals surface area (Å²) in [6, 6.07) is 15.2. The lowest BCUT2D eigenvalue weighted by Gasteiger charge is -2.28. The van der Waals surface area contributed by atoms with Gasteiger partial charge in [0.2, 0.25) is 5.82 Å². The fraction of sp³-hybridized carbons (Fsp3) is 0.345. The van der Waals surface area contributed by atoms with Gasteiger partial charge in [-0.25, -0.2) is 8.78 Å². The van der Waals surface area contributed by atoms with E-state index in [1.165, 1.54) is 18.2 Å². The van der Waals surface area contributed by atoms with Crippen LogP contribution in [0.2, 0.25) is 0 Å². The van der Waals surface area contributed by atoms with Crippen molar-refractivity contribution >= 4 is 5.97 Å². The Morgan fingerprint density at radius 3 is 2.29 bits per heavy atom. The fourth-order valence-corrected chi connectivity index (χ4v) is 4.90. The minimum atomic E-state index is -1.18. The molecule has 0 aromatic heterocycles. The normalized spacial score (nSPS) is 21.5. The summed E-state index contributed by atoms with van der Waals surface area (Å²) in [6.07, 6.45) is 3.11. The Kier molecular flexibility index (Phi) is 6.65. The number of benzene rings is 3. The van der Waals surface area contributed by atoms with Gasteiger partial charge in [-0.1, -0.05) is 43.3 Å². The molecule has 35 heavy (non-hydrogen) atoms. The molecule has 1 saturated carbocycles. The number of hydrogen-bond donors (Lipinski definition) is 0. The summed E-state index contributed by atoms with van der Waals surface area (Å²) >= 11 is 0. The first-order valence-corrected chi connectivity index (χ1v) is 12.1. The van der Waals surface area contributed by atoms with E-state index in [0.29, 0.717) is 43.4 Å². The van der Waals surface area contributed by atoms with Crippen LogP contribution in [0.5, 0.6) is 5.75 Å². The van der Waals surface area contributed by atoms with Gasteiger partial charge in [0.05, 0.1) is 12.5 Å². The number of carbonyl (C=O) groups excluding carboxylic acids is 1. The standard InChI is InChI=1S/C29H27F3O3/c1-2-17-3-5-19(6-4-17)23-13-14-25(28(32)27(23)31)35-29(33)20-9-7-18(8-10-20)22-12-11-21(15-24(22)30)26-16-34-26/h3-6,11-15,18,20,26H,2,7-10,16H2,1H3. The zero-order valence-electron chi connectivity index (χ0n) is 19.5. The monoisotopic (exact) mass is 480 g/mol. The largest absolute Gasteiger partial charge is 0.423 e. The number of rotatable bonds is 6. The molecule has 2 fully saturated rings. The average molecular weight is 481 g/mol. The number of carbonyl (C=O) groups is 1. The maximum Gasteiger partial charge on any atom is 0.314 e. The summed E-state index contributed by atoms with van der Waals surface area (Å²) in [5.74, 6) is -3.87. The molecule has 182 valence electrons. The second-order valence-electron chi connectivity index (χ2n) is 9.36. The molecule has 6 heteroatoms. The topological polar surface area (TPSA) is 38.8 Å². The van der Waals surface area contributed by atoms with Crippen molar-refractivity contribution in [3.8, 4) is 16.9 Å². The van der Waals surface area contributed by atoms with E-state index in [2.05, 4.69) is 0 Å². The summed E-state index contributed by atoms with van der Waals surface area (Å²) in [7, 11) is 0. The van der Waals surface area contributed by atoms with Gasteiger partial charge < -0.3 is 9.47 Å². The minimum Gasteiger partial charge on any atom is -0.423 e. The van der Waals surface area contributed by atoms with E-state index in [0.717, 1.165) is 17.5 Å². The molecule has 5 rings (SSSR count). The predicted molar refractivity (Wildman–Crippen MR) is 127 cm³/mol. The van der Waals surface area contributed by atoms with Gasteiger partial charge >= 0.3 is 5.97 Å². The molecule has 0 N–H and O–H groups in total. The van der Waals surface area contributed by atoms with Crippen LogP contribution in [-0.2, 0) is 16.0 Å². The molecule has 0 spiro atoms. The second-order valence-corrected chi connectivity index (χ2v) is 9.36. The van der Waals surface area contributed by atoms with Crippen molar-refractivity contribution in [2.45, 2.75) is 51.0 Å². The number of aryl methyl sites for hydroxylation is 1. The highest BCUT2D eigenvalue weighted by molar-refractivity contribution is 5.76. The molecular weight excluding hydrogens is 453 g/mol. The molecular formula is C29H27F3O3. The maximum absolute atomic E-state index is 14.8. The molecule has 1 heterocycles. The molecule has 3 aromatic rings. The van der Waals surface area contributed by atoms with E-state index in [4.69, 9.17) is 9.47 Å². The fourth-order valence-electron chi connectivity index (χ4n) is 4.90. The van der Waals surface area contributed by atoms with Gasteiger partial charge in [0.25, 0.3) is 0 Å². The number of esters is 1. The summed E-state index contributed by atoms with van der Waals surface area (Å²) < 4.78 is 54.6. The van der Waals surface area contributed by atoms with Crippen LogP contribution in [0.25, 0.3) is 11.1 Å². The summed E-state index contributed by atoms with van der Waals surface area (Å²) in [5, 5.41) is 0. The van der Waals surface area contributed by atoms with Crippen LogP contribution in [0.15, 0.2) is 54.6 Å². The van der Waals surface area contributed by atoms with Crippen LogP contribution < -0.4 is 4.74 Å². The second kappa shape index (κ2) is 9.86. The third kappa shape index (κ3) is 4.98. The average Bonchev–Trinajstić information content (AvgIpc) is 3.73. The first-order valence-electron chi connectivity index (χ1n) is 12.1. The number of ether oxygens (including phenoxy) is 2. The van der Waals surface area contributed by atoms with E-state index in [1.807, 2.05) is 31.2 Å². The third-order valence-corrected chi connectivity index (χ3v) is 7.16. The minimum absolute atomic E-state index is 0.00459. The lowest BCUT2D eigenvalue weighted by molar-refractivity contribution is -0.140. The Bertz CT molecular complexity index is 1230. The highest BCUT2D eigenvalue weighted by Gasteiger charge is 2.32. The van der Waals surface area contributed by atoms with Crippen LogP contribution in [-0.4, -0.2) is 12.6 Å². The molecule has 1 unspecified atom stereocenters. The van der Waals surface area contributed by atoms with Gasteiger partial charge in [0, 0.05) is 5.56 Å². The Hall–Kier alpha value is -3.12. The SMILES string of the molecule is CCc1ccc(-c2ccc(OC(=O)C3CCC(c4ccc(C5CO5)cc4F)CC3)c(F)c2F)cc1. The molecule has 0 radical (unpaired) electrons. The molecule has 0 amide bonds. The number of halogens is 3. The van der Waals surface area contributed by atoms with Crippen molar-refractivity contribution in [3.05, 3.63) is 88.7 Å². The molecule has 1 atom stereocenters. The molecule has 1 aliphatic carbocycles. The van der Waals surface area contributed by atoms with Gasteiger partial charge in [-0.15, -0.1) is 0 Å². The van der Waals surface area contributed by atoms with Crippen molar-refractivity contribution < 1.29 is 27.4 Å². The Labute approximate surface area is 202 Å². The van der Waals surface area contributed by atoms with Crippen LogP contribution in [0.4, 0.5) is 13.2 Å². The zero-order chi connectivity index (χ0) is 24.5. The smallest absolute Gasteiger partial charge is 0.314 e. The van der Waals surface area contributed by atoms with Gasteiger partial charge in [-0.3, -0.25) is 4.79 Å². The number of epoxide rings is 1. The van der Waals surface area contributed by atoms with E-state index in [1.54, 1.807) is 12.1 Å². The Balaban J connectivity index is 1.22. The lowest BCUT2D eigenvalue weighted by Crippen LogP contribution is -2.25. The van der Waals surface area contributed by atoms with Gasteiger partial charge in [0.1, 0.15) is 11.9 Å². The van der Waals surface area contributed by atoms with Crippen molar-refractivity contribution in [2.75, 3.05) is 6.61 Å². The molecule has 3 nitrogen and oxygen atoms in total. The van der Waals surface area contributed by atoms with Gasteiger partial charge in [-0.2, -0.15) is 4.39 Å². The van der Waals surface area contributed by atoms with Crippen LogP contribution in [0.1, 0.15) is 61.3 Å². The number of hydrogen-bond acceptors (Lipinski definition) is 3. The van der Waals surface area contributed by atoms with E-state index in [9.17, 15) is 18.0 Å². The first-order chi connectivity index (χ1) is 16.9. The van der Waals surface area contributed by atoms with Crippen molar-refractivity contribution in [1.29, 1.82) is 0 Å². The van der Waals surface area contributed by atoms with Crippen molar-refractivity contribution in [1.82, 2.24) is 0 Å². The van der Waals surface area contributed by atoms with Crippen LogP contribution in [0, 0.1) is 23.4 Å².